The number of nitrogens with one attached hydrogen (secondary N) is 1. The first-order chi connectivity index (χ1) is 15.4. The molecular weight excluding hydrogens is 427 g/mol. The highest BCUT2D eigenvalue weighted by atomic mass is 32.2. The van der Waals surface area contributed by atoms with Crippen LogP contribution in [0.3, 0.4) is 0 Å². The summed E-state index contributed by atoms with van der Waals surface area (Å²) in [6, 6.07) is 26.5. The summed E-state index contributed by atoms with van der Waals surface area (Å²) >= 11 is 0. The number of fused-ring (bicyclic) bond motifs is 1. The lowest BCUT2D eigenvalue weighted by molar-refractivity contribution is -0.119. The van der Waals surface area contributed by atoms with Crippen LogP contribution in [0.15, 0.2) is 102 Å². The van der Waals surface area contributed by atoms with E-state index in [-0.39, 0.29) is 17.1 Å². The molecule has 32 heavy (non-hydrogen) atoms. The summed E-state index contributed by atoms with van der Waals surface area (Å²) in [6.07, 6.45) is 0. The Morgan fingerprint density at radius 1 is 0.812 bits per heavy atom. The first-order valence-corrected chi connectivity index (χ1v) is 11.5. The van der Waals surface area contributed by atoms with Gasteiger partial charge in [0, 0.05) is 6.54 Å². The lowest BCUT2D eigenvalue weighted by atomic mass is 10.0. The summed E-state index contributed by atoms with van der Waals surface area (Å²) in [4.78, 5) is 12.8. The third-order valence-corrected chi connectivity index (χ3v) is 6.88. The van der Waals surface area contributed by atoms with E-state index >= 15 is 0 Å². The summed E-state index contributed by atoms with van der Waals surface area (Å²) in [5, 5.41) is 4.88. The lowest BCUT2D eigenvalue weighted by Gasteiger charge is -2.24. The Morgan fingerprint density at radius 3 is 2.22 bits per heavy atom. The second-order valence-corrected chi connectivity index (χ2v) is 9.08. The molecule has 0 unspecified atom stereocenters. The maximum absolute atomic E-state index is 13.4. The largest absolute Gasteiger partial charge is 0.350 e. The molecule has 0 aliphatic heterocycles. The van der Waals surface area contributed by atoms with E-state index in [1.807, 2.05) is 42.5 Å². The van der Waals surface area contributed by atoms with E-state index in [0.717, 1.165) is 32.8 Å². The Hall–Kier alpha value is -3.71. The van der Waals surface area contributed by atoms with Gasteiger partial charge in [-0.3, -0.25) is 9.10 Å². The molecule has 5 nitrogen and oxygen atoms in total. The number of anilines is 1. The van der Waals surface area contributed by atoms with Gasteiger partial charge in [-0.1, -0.05) is 60.7 Å². The number of halogens is 1. The van der Waals surface area contributed by atoms with Crippen LogP contribution in [-0.4, -0.2) is 20.9 Å². The van der Waals surface area contributed by atoms with Gasteiger partial charge in [0.05, 0.1) is 10.6 Å². The van der Waals surface area contributed by atoms with Gasteiger partial charge < -0.3 is 5.32 Å². The standard InChI is InChI=1S/C25H21FN2O3S/c26-21-13-15-22(16-14-21)28(32(30,31)23-10-2-1-3-11-23)18-25(29)27-17-20-9-6-8-19-7-4-5-12-24(19)20/h1-16H,17-18H2,(H,27,29). The fourth-order valence-corrected chi connectivity index (χ4v) is 4.91. The van der Waals surface area contributed by atoms with Gasteiger partial charge >= 0.3 is 0 Å². The van der Waals surface area contributed by atoms with Crippen LogP contribution in [0.25, 0.3) is 10.8 Å². The van der Waals surface area contributed by atoms with Gasteiger partial charge in [0.1, 0.15) is 12.4 Å². The quantitative estimate of drug-likeness (QED) is 0.453. The number of amides is 1. The maximum Gasteiger partial charge on any atom is 0.264 e. The van der Waals surface area contributed by atoms with Crippen molar-refractivity contribution in [3.05, 3.63) is 108 Å². The first-order valence-electron chi connectivity index (χ1n) is 10.0. The Morgan fingerprint density at radius 2 is 1.47 bits per heavy atom. The number of hydrogen-bond donors (Lipinski definition) is 1. The fourth-order valence-electron chi connectivity index (χ4n) is 3.47. The summed E-state index contributed by atoms with van der Waals surface area (Å²) in [5.41, 5.74) is 1.13. The second-order valence-electron chi connectivity index (χ2n) is 7.22. The predicted molar refractivity (Wildman–Crippen MR) is 123 cm³/mol. The Balaban J connectivity index is 1.58. The number of rotatable bonds is 7. The minimum atomic E-state index is -4.03. The van der Waals surface area contributed by atoms with Crippen molar-refractivity contribution in [3.8, 4) is 0 Å². The monoisotopic (exact) mass is 448 g/mol. The van der Waals surface area contributed by atoms with Crippen molar-refractivity contribution < 1.29 is 17.6 Å². The van der Waals surface area contributed by atoms with Crippen molar-refractivity contribution in [1.82, 2.24) is 5.32 Å². The summed E-state index contributed by atoms with van der Waals surface area (Å²) in [6.45, 7) is -0.184. The maximum atomic E-state index is 13.4. The molecule has 1 amide bonds. The van der Waals surface area contributed by atoms with Crippen LogP contribution in [0.1, 0.15) is 5.56 Å². The Labute approximate surface area is 186 Å². The van der Waals surface area contributed by atoms with Crippen LogP contribution in [0.5, 0.6) is 0 Å². The van der Waals surface area contributed by atoms with Crippen LogP contribution < -0.4 is 9.62 Å². The van der Waals surface area contributed by atoms with Crippen molar-refractivity contribution in [2.45, 2.75) is 11.4 Å². The van der Waals surface area contributed by atoms with Crippen LogP contribution in [0.2, 0.25) is 0 Å². The van der Waals surface area contributed by atoms with Crippen molar-refractivity contribution >= 4 is 32.4 Å². The summed E-state index contributed by atoms with van der Waals surface area (Å²) < 4.78 is 40.9. The molecule has 4 aromatic rings. The predicted octanol–water partition coefficient (Wildman–Crippen LogP) is 4.49. The third kappa shape index (κ3) is 4.63. The molecule has 162 valence electrons. The zero-order chi connectivity index (χ0) is 22.6. The number of benzene rings is 4. The van der Waals surface area contributed by atoms with Gasteiger partial charge in [-0.2, -0.15) is 0 Å². The molecule has 0 bridgehead atoms. The van der Waals surface area contributed by atoms with E-state index in [0.29, 0.717) is 0 Å². The van der Waals surface area contributed by atoms with E-state index in [2.05, 4.69) is 5.32 Å². The topological polar surface area (TPSA) is 66.5 Å². The lowest BCUT2D eigenvalue weighted by Crippen LogP contribution is -2.40. The molecule has 4 aromatic carbocycles. The van der Waals surface area contributed by atoms with Crippen molar-refractivity contribution in [2.24, 2.45) is 0 Å². The van der Waals surface area contributed by atoms with E-state index in [1.54, 1.807) is 18.2 Å². The number of hydrogen-bond acceptors (Lipinski definition) is 3. The molecule has 0 saturated heterocycles. The zero-order valence-corrected chi connectivity index (χ0v) is 17.9. The molecule has 1 N–H and O–H groups in total. The molecule has 0 aliphatic carbocycles. The highest BCUT2D eigenvalue weighted by Gasteiger charge is 2.27. The van der Waals surface area contributed by atoms with E-state index in [4.69, 9.17) is 0 Å². The molecule has 0 saturated carbocycles. The molecule has 0 spiro atoms. The number of sulfonamides is 1. The Bertz CT molecular complexity index is 1340. The SMILES string of the molecule is O=C(CN(c1ccc(F)cc1)S(=O)(=O)c1ccccc1)NCc1cccc2ccccc12. The van der Waals surface area contributed by atoms with E-state index in [1.165, 1.54) is 24.3 Å². The van der Waals surface area contributed by atoms with Gasteiger partial charge in [0.2, 0.25) is 5.91 Å². The van der Waals surface area contributed by atoms with Gasteiger partial charge in [-0.25, -0.2) is 12.8 Å². The van der Waals surface area contributed by atoms with Crippen LogP contribution in [0.4, 0.5) is 10.1 Å². The van der Waals surface area contributed by atoms with Crippen molar-refractivity contribution in [1.29, 1.82) is 0 Å². The van der Waals surface area contributed by atoms with Crippen LogP contribution >= 0.6 is 0 Å². The fraction of sp³-hybridized carbons (Fsp3) is 0.0800. The third-order valence-electron chi connectivity index (χ3n) is 5.09. The average Bonchev–Trinajstić information content (AvgIpc) is 2.82. The molecule has 4 rings (SSSR count). The number of carbonyl (C=O) groups is 1. The van der Waals surface area contributed by atoms with Gasteiger partial charge in [0.25, 0.3) is 10.0 Å². The molecule has 0 aromatic heterocycles. The molecule has 0 fully saturated rings. The molecule has 7 heteroatoms. The minimum Gasteiger partial charge on any atom is -0.350 e. The smallest absolute Gasteiger partial charge is 0.264 e. The molecule has 0 aliphatic rings. The first kappa shape index (κ1) is 21.5. The summed E-state index contributed by atoms with van der Waals surface area (Å²) in [7, 11) is -4.03. The van der Waals surface area contributed by atoms with Gasteiger partial charge in [-0.15, -0.1) is 0 Å². The molecule has 0 heterocycles. The highest BCUT2D eigenvalue weighted by molar-refractivity contribution is 7.92. The van der Waals surface area contributed by atoms with Crippen LogP contribution in [0, 0.1) is 5.82 Å². The zero-order valence-electron chi connectivity index (χ0n) is 17.1. The van der Waals surface area contributed by atoms with E-state index in [9.17, 15) is 17.6 Å². The summed E-state index contributed by atoms with van der Waals surface area (Å²) in [5.74, 6) is -0.965. The Kier molecular flexibility index (Phi) is 6.18. The van der Waals surface area contributed by atoms with Gasteiger partial charge in [0.15, 0.2) is 0 Å². The second kappa shape index (κ2) is 9.20. The highest BCUT2D eigenvalue weighted by Crippen LogP contribution is 2.24. The number of carbonyl (C=O) groups excluding carboxylic acids is 1. The molecule has 0 radical (unpaired) electrons. The van der Waals surface area contributed by atoms with Crippen LogP contribution in [-0.2, 0) is 21.4 Å². The van der Waals surface area contributed by atoms with Crippen molar-refractivity contribution in [3.63, 3.8) is 0 Å². The normalized spacial score (nSPS) is 11.3. The van der Waals surface area contributed by atoms with Gasteiger partial charge in [-0.05, 0) is 52.7 Å². The number of nitrogens with zero attached hydrogens (tertiary/aromatic N) is 1. The van der Waals surface area contributed by atoms with Crippen molar-refractivity contribution in [2.75, 3.05) is 10.8 Å². The molecule has 0 atom stereocenters. The minimum absolute atomic E-state index is 0.0474. The molecular formula is C25H21FN2O3S. The average molecular weight is 449 g/mol. The van der Waals surface area contributed by atoms with E-state index < -0.39 is 28.3 Å².